The van der Waals surface area contributed by atoms with Gasteiger partial charge in [0.05, 0.1) is 6.04 Å². The molecule has 1 fully saturated rings. The molecule has 0 saturated carbocycles. The van der Waals surface area contributed by atoms with Gasteiger partial charge in [0.1, 0.15) is 0 Å². The van der Waals surface area contributed by atoms with Crippen LogP contribution in [0.5, 0.6) is 0 Å². The smallest absolute Gasteiger partial charge is 0.239 e. The molecule has 4 heteroatoms. The van der Waals surface area contributed by atoms with Gasteiger partial charge in [0.25, 0.3) is 0 Å². The molecule has 1 aromatic heterocycles. The second kappa shape index (κ2) is 4.77. The number of carbonyl (C=O) groups is 1. The molecule has 1 aliphatic heterocycles. The SMILES string of the molecule is CN1CCC(NCCc2cccs2)C1=O. The lowest BCUT2D eigenvalue weighted by Gasteiger charge is -2.11. The van der Waals surface area contributed by atoms with Gasteiger partial charge in [-0.25, -0.2) is 0 Å². The van der Waals surface area contributed by atoms with E-state index in [0.29, 0.717) is 0 Å². The van der Waals surface area contributed by atoms with Crippen molar-refractivity contribution in [2.24, 2.45) is 0 Å². The maximum absolute atomic E-state index is 11.6. The third-order valence-corrected chi connectivity index (χ3v) is 3.71. The standard InChI is InChI=1S/C11H16N2OS/c1-13-7-5-10(11(13)14)12-6-4-9-3-2-8-15-9/h2-3,8,10,12H,4-7H2,1H3. The van der Waals surface area contributed by atoms with Crippen LogP contribution in [0.2, 0.25) is 0 Å². The van der Waals surface area contributed by atoms with Gasteiger partial charge in [0.2, 0.25) is 5.91 Å². The van der Waals surface area contributed by atoms with Crippen LogP contribution >= 0.6 is 11.3 Å². The van der Waals surface area contributed by atoms with Crippen LogP contribution < -0.4 is 5.32 Å². The first-order chi connectivity index (χ1) is 7.27. The molecule has 1 aromatic rings. The summed E-state index contributed by atoms with van der Waals surface area (Å²) in [4.78, 5) is 14.7. The Morgan fingerprint density at radius 2 is 2.53 bits per heavy atom. The molecule has 0 radical (unpaired) electrons. The Balaban J connectivity index is 1.73. The predicted molar refractivity (Wildman–Crippen MR) is 62.1 cm³/mol. The Kier molecular flexibility index (Phi) is 3.38. The summed E-state index contributed by atoms with van der Waals surface area (Å²) in [5, 5.41) is 5.40. The molecule has 1 amide bonds. The largest absolute Gasteiger partial charge is 0.344 e. The quantitative estimate of drug-likeness (QED) is 0.831. The fourth-order valence-corrected chi connectivity index (χ4v) is 2.55. The molecule has 15 heavy (non-hydrogen) atoms. The highest BCUT2D eigenvalue weighted by Crippen LogP contribution is 2.10. The van der Waals surface area contributed by atoms with Crippen molar-refractivity contribution in [1.82, 2.24) is 10.2 Å². The van der Waals surface area contributed by atoms with Crippen LogP contribution in [-0.4, -0.2) is 37.0 Å². The zero-order valence-electron chi connectivity index (χ0n) is 8.90. The minimum absolute atomic E-state index is 0.0509. The fourth-order valence-electron chi connectivity index (χ4n) is 1.84. The first-order valence-electron chi connectivity index (χ1n) is 5.28. The number of rotatable bonds is 4. The van der Waals surface area contributed by atoms with E-state index < -0.39 is 0 Å². The summed E-state index contributed by atoms with van der Waals surface area (Å²) in [7, 11) is 1.86. The van der Waals surface area contributed by atoms with E-state index in [2.05, 4.69) is 22.8 Å². The summed E-state index contributed by atoms with van der Waals surface area (Å²) in [5.41, 5.74) is 0. The third-order valence-electron chi connectivity index (χ3n) is 2.77. The van der Waals surface area contributed by atoms with E-state index in [9.17, 15) is 4.79 Å². The van der Waals surface area contributed by atoms with E-state index in [-0.39, 0.29) is 11.9 Å². The van der Waals surface area contributed by atoms with E-state index in [1.54, 1.807) is 16.2 Å². The van der Waals surface area contributed by atoms with Crippen molar-refractivity contribution in [2.45, 2.75) is 18.9 Å². The van der Waals surface area contributed by atoms with Gasteiger partial charge in [-0.15, -0.1) is 11.3 Å². The average Bonchev–Trinajstić information content (AvgIpc) is 2.83. The first-order valence-corrected chi connectivity index (χ1v) is 6.16. The Morgan fingerprint density at radius 1 is 1.67 bits per heavy atom. The van der Waals surface area contributed by atoms with Crippen LogP contribution in [0.25, 0.3) is 0 Å². The summed E-state index contributed by atoms with van der Waals surface area (Å²) in [6.07, 6.45) is 1.96. The van der Waals surface area contributed by atoms with Gasteiger partial charge in [-0.05, 0) is 24.3 Å². The van der Waals surface area contributed by atoms with Crippen molar-refractivity contribution < 1.29 is 4.79 Å². The number of amides is 1. The highest BCUT2D eigenvalue weighted by molar-refractivity contribution is 7.09. The summed E-state index contributed by atoms with van der Waals surface area (Å²) >= 11 is 1.77. The molecule has 1 unspecified atom stereocenters. The molecular formula is C11H16N2OS. The van der Waals surface area contributed by atoms with Gasteiger partial charge >= 0.3 is 0 Å². The summed E-state index contributed by atoms with van der Waals surface area (Å²) in [5.74, 6) is 0.237. The molecule has 0 bridgehead atoms. The third kappa shape index (κ3) is 2.58. The topological polar surface area (TPSA) is 32.3 Å². The van der Waals surface area contributed by atoms with Crippen LogP contribution in [-0.2, 0) is 11.2 Å². The Labute approximate surface area is 94.1 Å². The molecule has 1 atom stereocenters. The number of nitrogens with zero attached hydrogens (tertiary/aromatic N) is 1. The average molecular weight is 224 g/mol. The van der Waals surface area contributed by atoms with E-state index in [1.807, 2.05) is 7.05 Å². The molecule has 1 aliphatic rings. The highest BCUT2D eigenvalue weighted by Gasteiger charge is 2.27. The number of hydrogen-bond donors (Lipinski definition) is 1. The Morgan fingerprint density at radius 3 is 3.13 bits per heavy atom. The molecule has 2 rings (SSSR count). The number of nitrogens with one attached hydrogen (secondary N) is 1. The van der Waals surface area contributed by atoms with Crippen molar-refractivity contribution in [1.29, 1.82) is 0 Å². The number of likely N-dealkylation sites (tertiary alicyclic amines) is 1. The van der Waals surface area contributed by atoms with E-state index >= 15 is 0 Å². The molecule has 0 aromatic carbocycles. The van der Waals surface area contributed by atoms with Gasteiger partial charge in [-0.2, -0.15) is 0 Å². The van der Waals surface area contributed by atoms with E-state index in [4.69, 9.17) is 0 Å². The Bertz CT molecular complexity index is 323. The van der Waals surface area contributed by atoms with Gasteiger partial charge in [-0.1, -0.05) is 6.07 Å². The van der Waals surface area contributed by atoms with Gasteiger partial charge in [-0.3, -0.25) is 4.79 Å². The highest BCUT2D eigenvalue weighted by atomic mass is 32.1. The molecule has 82 valence electrons. The number of likely N-dealkylation sites (N-methyl/N-ethyl adjacent to an activating group) is 1. The minimum atomic E-state index is 0.0509. The molecule has 0 spiro atoms. The van der Waals surface area contributed by atoms with Crippen molar-refractivity contribution in [3.05, 3.63) is 22.4 Å². The lowest BCUT2D eigenvalue weighted by molar-refractivity contribution is -0.128. The van der Waals surface area contributed by atoms with Crippen LogP contribution in [0.3, 0.4) is 0 Å². The zero-order valence-corrected chi connectivity index (χ0v) is 9.72. The van der Waals surface area contributed by atoms with Crippen LogP contribution in [0.15, 0.2) is 17.5 Å². The second-order valence-corrected chi connectivity index (χ2v) is 4.92. The Hall–Kier alpha value is -0.870. The second-order valence-electron chi connectivity index (χ2n) is 3.88. The molecule has 1 saturated heterocycles. The van der Waals surface area contributed by atoms with Crippen molar-refractivity contribution in [3.8, 4) is 0 Å². The van der Waals surface area contributed by atoms with Crippen molar-refractivity contribution >= 4 is 17.2 Å². The summed E-state index contributed by atoms with van der Waals surface area (Å²) in [6, 6.07) is 4.25. The molecule has 1 N–H and O–H groups in total. The molecular weight excluding hydrogens is 208 g/mol. The van der Waals surface area contributed by atoms with Crippen molar-refractivity contribution in [3.63, 3.8) is 0 Å². The molecule has 2 heterocycles. The predicted octanol–water partition coefficient (Wildman–Crippen LogP) is 1.11. The number of hydrogen-bond acceptors (Lipinski definition) is 3. The lowest BCUT2D eigenvalue weighted by Crippen LogP contribution is -2.37. The first kappa shape index (κ1) is 10.6. The minimum Gasteiger partial charge on any atom is -0.344 e. The van der Waals surface area contributed by atoms with Crippen LogP contribution in [0, 0.1) is 0 Å². The monoisotopic (exact) mass is 224 g/mol. The summed E-state index contributed by atoms with van der Waals surface area (Å²) < 4.78 is 0. The van der Waals surface area contributed by atoms with Gasteiger partial charge in [0, 0.05) is 25.0 Å². The fraction of sp³-hybridized carbons (Fsp3) is 0.545. The maximum Gasteiger partial charge on any atom is 0.239 e. The van der Waals surface area contributed by atoms with Crippen LogP contribution in [0.4, 0.5) is 0 Å². The molecule has 0 aliphatic carbocycles. The van der Waals surface area contributed by atoms with E-state index in [0.717, 1.165) is 25.9 Å². The van der Waals surface area contributed by atoms with E-state index in [1.165, 1.54) is 4.88 Å². The number of thiophene rings is 1. The normalized spacial score (nSPS) is 21.3. The van der Waals surface area contributed by atoms with Gasteiger partial charge in [0.15, 0.2) is 0 Å². The summed E-state index contributed by atoms with van der Waals surface area (Å²) in [6.45, 7) is 1.78. The van der Waals surface area contributed by atoms with Crippen LogP contribution in [0.1, 0.15) is 11.3 Å². The van der Waals surface area contributed by atoms with Gasteiger partial charge < -0.3 is 10.2 Å². The van der Waals surface area contributed by atoms with Crippen molar-refractivity contribution in [2.75, 3.05) is 20.1 Å². The molecule has 3 nitrogen and oxygen atoms in total. The zero-order chi connectivity index (χ0) is 10.7. The maximum atomic E-state index is 11.6. The number of carbonyl (C=O) groups excluding carboxylic acids is 1. The lowest BCUT2D eigenvalue weighted by atomic mass is 10.2.